The average Bonchev–Trinajstić information content (AvgIpc) is 2.56. The molecule has 118 valence electrons. The van der Waals surface area contributed by atoms with Crippen LogP contribution in [0.5, 0.6) is 5.75 Å². The Labute approximate surface area is 134 Å². The molecule has 1 aromatic carbocycles. The van der Waals surface area contributed by atoms with Crippen molar-refractivity contribution in [2.24, 2.45) is 0 Å². The lowest BCUT2D eigenvalue weighted by Crippen LogP contribution is -2.29. The minimum absolute atomic E-state index is 0.0350. The predicted molar refractivity (Wildman–Crippen MR) is 86.8 cm³/mol. The first kappa shape index (κ1) is 16.5. The summed E-state index contributed by atoms with van der Waals surface area (Å²) in [5.41, 5.74) is 0.793. The highest BCUT2D eigenvalue weighted by Gasteiger charge is 2.15. The third-order valence-corrected chi connectivity index (χ3v) is 3.61. The van der Waals surface area contributed by atoms with Crippen LogP contribution in [-0.4, -0.2) is 17.5 Å². The van der Waals surface area contributed by atoms with E-state index in [9.17, 15) is 9.59 Å². The summed E-state index contributed by atoms with van der Waals surface area (Å²) >= 11 is 0. The van der Waals surface area contributed by atoms with Gasteiger partial charge in [-0.2, -0.15) is 5.26 Å². The summed E-state index contributed by atoms with van der Waals surface area (Å²) in [6.45, 7) is 3.77. The molecule has 1 heterocycles. The van der Waals surface area contributed by atoms with Crippen LogP contribution in [0.1, 0.15) is 41.4 Å². The Balaban J connectivity index is 2.44. The number of nitrogens with zero attached hydrogens (tertiary/aromatic N) is 2. The number of rotatable bonds is 5. The Kier molecular flexibility index (Phi) is 4.97. The van der Waals surface area contributed by atoms with Gasteiger partial charge in [-0.05, 0) is 30.2 Å². The molecule has 0 N–H and O–H groups in total. The molecule has 0 saturated carbocycles. The van der Waals surface area contributed by atoms with E-state index in [1.165, 1.54) is 17.7 Å². The molecule has 23 heavy (non-hydrogen) atoms. The second-order valence-corrected chi connectivity index (χ2v) is 5.48. The Morgan fingerprint density at radius 1 is 1.30 bits per heavy atom. The lowest BCUT2D eigenvalue weighted by Gasteiger charge is -2.15. The van der Waals surface area contributed by atoms with Crippen LogP contribution in [0.2, 0.25) is 0 Å². The maximum atomic E-state index is 12.5. The minimum atomic E-state index is -0.435. The van der Waals surface area contributed by atoms with Crippen molar-refractivity contribution in [1.29, 1.82) is 5.26 Å². The molecule has 2 rings (SSSR count). The van der Waals surface area contributed by atoms with Crippen molar-refractivity contribution in [2.75, 3.05) is 7.11 Å². The average molecular weight is 310 g/mol. The Bertz CT molecular complexity index is 829. The van der Waals surface area contributed by atoms with Gasteiger partial charge in [0.25, 0.3) is 5.56 Å². The van der Waals surface area contributed by atoms with Crippen LogP contribution >= 0.6 is 0 Å². The van der Waals surface area contributed by atoms with Crippen molar-refractivity contribution in [1.82, 2.24) is 4.57 Å². The number of hydrogen-bond donors (Lipinski definition) is 0. The fourth-order valence-electron chi connectivity index (χ4n) is 2.38. The van der Waals surface area contributed by atoms with Crippen molar-refractivity contribution in [2.45, 2.75) is 26.3 Å². The number of benzene rings is 1. The van der Waals surface area contributed by atoms with Gasteiger partial charge in [-0.3, -0.25) is 9.59 Å². The number of nitriles is 1. The second-order valence-electron chi connectivity index (χ2n) is 5.48. The molecule has 0 radical (unpaired) electrons. The normalized spacial score (nSPS) is 10.4. The molecular weight excluding hydrogens is 292 g/mol. The zero-order chi connectivity index (χ0) is 17.0. The fraction of sp³-hybridized carbons (Fsp3) is 0.278. The molecule has 0 aliphatic heterocycles. The standard InChI is InChI=1S/C18H18N2O3/c1-12(2)16-8-7-14(10-19)18(22)20(16)11-17(21)13-5-4-6-15(9-13)23-3/h4-9,12H,11H2,1-3H3. The van der Waals surface area contributed by atoms with Gasteiger partial charge in [-0.25, -0.2) is 0 Å². The molecule has 0 atom stereocenters. The summed E-state index contributed by atoms with van der Waals surface area (Å²) in [7, 11) is 1.53. The van der Waals surface area contributed by atoms with Gasteiger partial charge in [0.15, 0.2) is 5.78 Å². The van der Waals surface area contributed by atoms with Crippen LogP contribution in [0.25, 0.3) is 0 Å². The molecule has 0 amide bonds. The van der Waals surface area contributed by atoms with Gasteiger partial charge in [0, 0.05) is 11.3 Å². The number of carbonyl (C=O) groups excluding carboxylic acids is 1. The third kappa shape index (κ3) is 3.49. The van der Waals surface area contributed by atoms with Crippen molar-refractivity contribution in [3.05, 3.63) is 63.6 Å². The van der Waals surface area contributed by atoms with Crippen LogP contribution in [0.3, 0.4) is 0 Å². The van der Waals surface area contributed by atoms with E-state index < -0.39 is 5.56 Å². The molecule has 0 fully saturated rings. The summed E-state index contributed by atoms with van der Waals surface area (Å²) in [4.78, 5) is 24.9. The zero-order valence-corrected chi connectivity index (χ0v) is 13.4. The van der Waals surface area contributed by atoms with Crippen molar-refractivity contribution < 1.29 is 9.53 Å². The predicted octanol–water partition coefficient (Wildman–Crippen LogP) is 2.73. The largest absolute Gasteiger partial charge is 0.497 e. The summed E-state index contributed by atoms with van der Waals surface area (Å²) in [5, 5.41) is 9.03. The number of ketones is 1. The van der Waals surface area contributed by atoms with Crippen molar-refractivity contribution >= 4 is 5.78 Å². The molecule has 0 saturated heterocycles. The number of Topliss-reactive ketones (excluding diaryl/α,β-unsaturated/α-hetero) is 1. The van der Waals surface area contributed by atoms with E-state index >= 15 is 0 Å². The summed E-state index contributed by atoms with van der Waals surface area (Å²) in [5.74, 6) is 0.439. The summed E-state index contributed by atoms with van der Waals surface area (Å²) in [6, 6.07) is 11.9. The molecule has 2 aromatic rings. The van der Waals surface area contributed by atoms with E-state index in [1.54, 1.807) is 30.3 Å². The summed E-state index contributed by atoms with van der Waals surface area (Å²) < 4.78 is 6.49. The first-order valence-electron chi connectivity index (χ1n) is 7.29. The van der Waals surface area contributed by atoms with E-state index in [2.05, 4.69) is 0 Å². The van der Waals surface area contributed by atoms with E-state index in [4.69, 9.17) is 10.00 Å². The monoisotopic (exact) mass is 310 g/mol. The fourth-order valence-corrected chi connectivity index (χ4v) is 2.38. The maximum absolute atomic E-state index is 12.5. The molecular formula is C18H18N2O3. The highest BCUT2D eigenvalue weighted by Crippen LogP contribution is 2.16. The lowest BCUT2D eigenvalue weighted by molar-refractivity contribution is 0.0969. The smallest absolute Gasteiger partial charge is 0.269 e. The first-order chi connectivity index (χ1) is 11.0. The Morgan fingerprint density at radius 3 is 2.65 bits per heavy atom. The number of aromatic nitrogens is 1. The molecule has 1 aromatic heterocycles. The van der Waals surface area contributed by atoms with Crippen LogP contribution in [0.4, 0.5) is 0 Å². The summed E-state index contributed by atoms with van der Waals surface area (Å²) in [6.07, 6.45) is 0. The van der Waals surface area contributed by atoms with Gasteiger partial charge in [0.2, 0.25) is 0 Å². The van der Waals surface area contributed by atoms with Gasteiger partial charge in [-0.15, -0.1) is 0 Å². The van der Waals surface area contributed by atoms with E-state index in [-0.39, 0.29) is 23.8 Å². The highest BCUT2D eigenvalue weighted by molar-refractivity contribution is 5.96. The molecule has 0 bridgehead atoms. The van der Waals surface area contributed by atoms with Gasteiger partial charge in [-0.1, -0.05) is 26.0 Å². The number of carbonyl (C=O) groups is 1. The Hall–Kier alpha value is -2.87. The van der Waals surface area contributed by atoms with Crippen LogP contribution < -0.4 is 10.3 Å². The molecule has 0 aliphatic rings. The Morgan fingerprint density at radius 2 is 2.04 bits per heavy atom. The minimum Gasteiger partial charge on any atom is -0.497 e. The van der Waals surface area contributed by atoms with Gasteiger partial charge in [0.1, 0.15) is 17.4 Å². The van der Waals surface area contributed by atoms with Gasteiger partial charge < -0.3 is 9.30 Å². The van der Waals surface area contributed by atoms with Gasteiger partial charge in [0.05, 0.1) is 13.7 Å². The van der Waals surface area contributed by atoms with E-state index in [1.807, 2.05) is 19.9 Å². The lowest BCUT2D eigenvalue weighted by atomic mass is 10.1. The van der Waals surface area contributed by atoms with Crippen molar-refractivity contribution in [3.8, 4) is 11.8 Å². The number of methoxy groups -OCH3 is 1. The van der Waals surface area contributed by atoms with E-state index in [0.29, 0.717) is 11.3 Å². The topological polar surface area (TPSA) is 72.1 Å². The number of hydrogen-bond acceptors (Lipinski definition) is 4. The first-order valence-corrected chi connectivity index (χ1v) is 7.29. The highest BCUT2D eigenvalue weighted by atomic mass is 16.5. The maximum Gasteiger partial charge on any atom is 0.269 e. The molecule has 0 spiro atoms. The zero-order valence-electron chi connectivity index (χ0n) is 13.4. The molecule has 5 nitrogen and oxygen atoms in total. The second kappa shape index (κ2) is 6.93. The quantitative estimate of drug-likeness (QED) is 0.796. The SMILES string of the molecule is COc1cccc(C(=O)Cn2c(C(C)C)ccc(C#N)c2=O)c1. The van der Waals surface area contributed by atoms with Crippen LogP contribution in [0, 0.1) is 11.3 Å². The van der Waals surface area contributed by atoms with E-state index in [0.717, 1.165) is 5.69 Å². The number of pyridine rings is 1. The molecule has 0 aliphatic carbocycles. The van der Waals surface area contributed by atoms with Crippen molar-refractivity contribution in [3.63, 3.8) is 0 Å². The third-order valence-electron chi connectivity index (χ3n) is 3.61. The van der Waals surface area contributed by atoms with Gasteiger partial charge >= 0.3 is 0 Å². The number of ether oxygens (including phenoxy) is 1. The molecule has 5 heteroatoms. The molecule has 0 unspecified atom stereocenters. The van der Waals surface area contributed by atoms with Crippen LogP contribution in [0.15, 0.2) is 41.2 Å². The van der Waals surface area contributed by atoms with Crippen LogP contribution in [-0.2, 0) is 6.54 Å².